The Bertz CT molecular complexity index is 1140. The Morgan fingerprint density at radius 1 is 0.926 bits per heavy atom. The summed E-state index contributed by atoms with van der Waals surface area (Å²) in [6.07, 6.45) is -4.66. The molecule has 0 saturated heterocycles. The van der Waals surface area contributed by atoms with E-state index in [1.165, 1.54) is 26.4 Å². The van der Waals surface area contributed by atoms with Crippen LogP contribution in [0.15, 0.2) is 46.9 Å². The Kier molecular flexibility index (Phi) is 3.91. The molecular formula is C19H13F3N2O3. The number of alkyl halides is 3. The molecule has 0 unspecified atom stereocenters. The second-order valence-electron chi connectivity index (χ2n) is 5.75. The first-order valence-corrected chi connectivity index (χ1v) is 7.91. The van der Waals surface area contributed by atoms with Crippen molar-refractivity contribution in [3.05, 3.63) is 48.0 Å². The maximum atomic E-state index is 13.9. The van der Waals surface area contributed by atoms with Crippen molar-refractivity contribution in [2.45, 2.75) is 6.18 Å². The zero-order valence-electron chi connectivity index (χ0n) is 14.3. The molecule has 0 atom stereocenters. The molecule has 0 aliphatic heterocycles. The minimum atomic E-state index is -4.66. The summed E-state index contributed by atoms with van der Waals surface area (Å²) in [6.45, 7) is 0. The lowest BCUT2D eigenvalue weighted by Gasteiger charge is -2.13. The normalized spacial score (nSPS) is 11.9. The molecule has 8 heteroatoms. The first-order chi connectivity index (χ1) is 12.9. The van der Waals surface area contributed by atoms with Crippen molar-refractivity contribution in [2.24, 2.45) is 0 Å². The minimum Gasteiger partial charge on any atom is -0.493 e. The molecule has 0 radical (unpaired) electrons. The SMILES string of the molecule is COc1cc2nc3oc(-c4ccccc4)nc3c(C(F)(F)F)c2cc1OC. The average Bonchev–Trinajstić information content (AvgIpc) is 3.07. The molecule has 0 aliphatic carbocycles. The van der Waals surface area contributed by atoms with Crippen molar-refractivity contribution in [1.29, 1.82) is 0 Å². The zero-order chi connectivity index (χ0) is 19.2. The molecule has 0 fully saturated rings. The monoisotopic (exact) mass is 374 g/mol. The highest BCUT2D eigenvalue weighted by Crippen LogP contribution is 2.43. The van der Waals surface area contributed by atoms with Gasteiger partial charge in [0, 0.05) is 17.0 Å². The van der Waals surface area contributed by atoms with Crippen molar-refractivity contribution < 1.29 is 27.1 Å². The van der Waals surface area contributed by atoms with Gasteiger partial charge in [0.2, 0.25) is 11.6 Å². The molecule has 27 heavy (non-hydrogen) atoms. The van der Waals surface area contributed by atoms with Gasteiger partial charge in [0.25, 0.3) is 0 Å². The molecular weight excluding hydrogens is 361 g/mol. The second-order valence-corrected chi connectivity index (χ2v) is 5.75. The van der Waals surface area contributed by atoms with Crippen molar-refractivity contribution in [2.75, 3.05) is 14.2 Å². The number of hydrogen-bond donors (Lipinski definition) is 0. The van der Waals surface area contributed by atoms with Gasteiger partial charge in [-0.15, -0.1) is 0 Å². The molecule has 2 heterocycles. The predicted octanol–water partition coefficient (Wildman–Crippen LogP) is 5.08. The smallest absolute Gasteiger partial charge is 0.419 e. The molecule has 0 spiro atoms. The molecule has 4 rings (SSSR count). The Balaban J connectivity index is 2.10. The highest BCUT2D eigenvalue weighted by Gasteiger charge is 2.38. The number of hydrogen-bond acceptors (Lipinski definition) is 5. The topological polar surface area (TPSA) is 57.4 Å². The van der Waals surface area contributed by atoms with E-state index in [1.54, 1.807) is 30.3 Å². The fourth-order valence-electron chi connectivity index (χ4n) is 2.94. The molecule has 0 aliphatic rings. The van der Waals surface area contributed by atoms with Crippen LogP contribution in [0.3, 0.4) is 0 Å². The quantitative estimate of drug-likeness (QED) is 0.501. The molecule has 138 valence electrons. The van der Waals surface area contributed by atoms with E-state index < -0.39 is 11.7 Å². The van der Waals surface area contributed by atoms with E-state index in [-0.39, 0.29) is 39.5 Å². The molecule has 0 bridgehead atoms. The fourth-order valence-corrected chi connectivity index (χ4v) is 2.94. The van der Waals surface area contributed by atoms with Crippen molar-refractivity contribution in [3.63, 3.8) is 0 Å². The van der Waals surface area contributed by atoms with Crippen LogP contribution in [0.1, 0.15) is 5.56 Å². The summed E-state index contributed by atoms with van der Waals surface area (Å²) in [6, 6.07) is 11.3. The number of rotatable bonds is 3. The van der Waals surface area contributed by atoms with Gasteiger partial charge in [-0.3, -0.25) is 0 Å². The van der Waals surface area contributed by atoms with E-state index in [0.29, 0.717) is 5.56 Å². The lowest BCUT2D eigenvalue weighted by atomic mass is 10.1. The summed E-state index contributed by atoms with van der Waals surface area (Å²) in [5.41, 5.74) is -0.831. The first-order valence-electron chi connectivity index (χ1n) is 7.91. The number of pyridine rings is 1. The highest BCUT2D eigenvalue weighted by molar-refractivity contribution is 5.96. The van der Waals surface area contributed by atoms with Gasteiger partial charge in [0.05, 0.1) is 25.3 Å². The van der Waals surface area contributed by atoms with Crippen LogP contribution in [0.4, 0.5) is 13.2 Å². The number of halogens is 3. The Morgan fingerprint density at radius 3 is 2.22 bits per heavy atom. The highest BCUT2D eigenvalue weighted by atomic mass is 19.4. The van der Waals surface area contributed by atoms with Crippen LogP contribution >= 0.6 is 0 Å². The lowest BCUT2D eigenvalue weighted by Crippen LogP contribution is -2.08. The van der Waals surface area contributed by atoms with Gasteiger partial charge in [0.1, 0.15) is 5.52 Å². The molecule has 2 aromatic heterocycles. The first kappa shape index (κ1) is 17.1. The third-order valence-corrected chi connectivity index (χ3v) is 4.14. The van der Waals surface area contributed by atoms with Crippen LogP contribution in [0.25, 0.3) is 33.6 Å². The Hall–Kier alpha value is -3.29. The van der Waals surface area contributed by atoms with Crippen molar-refractivity contribution >= 4 is 22.1 Å². The van der Waals surface area contributed by atoms with Gasteiger partial charge >= 0.3 is 6.18 Å². The number of nitrogens with zero attached hydrogens (tertiary/aromatic N) is 2. The van der Waals surface area contributed by atoms with E-state index in [1.807, 2.05) is 0 Å². The van der Waals surface area contributed by atoms with Crippen LogP contribution in [-0.4, -0.2) is 24.2 Å². The largest absolute Gasteiger partial charge is 0.493 e. The van der Waals surface area contributed by atoms with E-state index in [9.17, 15) is 13.2 Å². The van der Waals surface area contributed by atoms with E-state index in [2.05, 4.69) is 9.97 Å². The summed E-state index contributed by atoms with van der Waals surface area (Å²) in [7, 11) is 2.75. The molecule has 5 nitrogen and oxygen atoms in total. The van der Waals surface area contributed by atoms with Crippen molar-refractivity contribution in [1.82, 2.24) is 9.97 Å². The minimum absolute atomic E-state index is 0.0674. The van der Waals surface area contributed by atoms with Gasteiger partial charge in [-0.25, -0.2) is 9.97 Å². The van der Waals surface area contributed by atoms with Gasteiger partial charge in [0.15, 0.2) is 11.5 Å². The summed E-state index contributed by atoms with van der Waals surface area (Å²) in [4.78, 5) is 8.29. The summed E-state index contributed by atoms with van der Waals surface area (Å²) in [5.74, 6) is 0.508. The summed E-state index contributed by atoms with van der Waals surface area (Å²) >= 11 is 0. The van der Waals surface area contributed by atoms with Gasteiger partial charge in [-0.05, 0) is 18.2 Å². The second kappa shape index (κ2) is 6.15. The molecule has 0 N–H and O–H groups in total. The average molecular weight is 374 g/mol. The summed E-state index contributed by atoms with van der Waals surface area (Å²) in [5, 5.41) is -0.138. The van der Waals surface area contributed by atoms with Gasteiger partial charge in [-0.1, -0.05) is 18.2 Å². The maximum absolute atomic E-state index is 13.9. The van der Waals surface area contributed by atoms with Crippen molar-refractivity contribution in [3.8, 4) is 23.0 Å². The zero-order valence-corrected chi connectivity index (χ0v) is 14.3. The number of fused-ring (bicyclic) bond motifs is 2. The van der Waals surface area contributed by atoms with Crippen LogP contribution in [0.5, 0.6) is 11.5 Å². The van der Waals surface area contributed by atoms with E-state index in [0.717, 1.165) is 0 Å². The lowest BCUT2D eigenvalue weighted by molar-refractivity contribution is -0.135. The number of ether oxygens (including phenoxy) is 2. The third kappa shape index (κ3) is 2.83. The molecule has 0 amide bonds. The van der Waals surface area contributed by atoms with Crippen LogP contribution < -0.4 is 9.47 Å². The predicted molar refractivity (Wildman–Crippen MR) is 92.9 cm³/mol. The Morgan fingerprint density at radius 2 is 1.59 bits per heavy atom. The van der Waals surface area contributed by atoms with E-state index in [4.69, 9.17) is 13.9 Å². The van der Waals surface area contributed by atoms with Crippen LogP contribution in [0.2, 0.25) is 0 Å². The Labute approximate surface area is 151 Å². The number of methoxy groups -OCH3 is 2. The van der Waals surface area contributed by atoms with Crippen LogP contribution in [-0.2, 0) is 6.18 Å². The molecule has 0 saturated carbocycles. The number of benzene rings is 2. The fraction of sp³-hybridized carbons (Fsp3) is 0.158. The van der Waals surface area contributed by atoms with Gasteiger partial charge in [-0.2, -0.15) is 13.2 Å². The molecule has 4 aromatic rings. The standard InChI is InChI=1S/C19H13F3N2O3/c1-25-13-8-11-12(9-14(13)26-2)23-18-16(15(11)19(20,21)22)24-17(27-18)10-6-4-3-5-7-10/h3-9H,1-2H3. The maximum Gasteiger partial charge on any atom is 0.419 e. The van der Waals surface area contributed by atoms with Gasteiger partial charge < -0.3 is 13.9 Å². The van der Waals surface area contributed by atoms with Crippen LogP contribution in [0, 0.1) is 0 Å². The summed E-state index contributed by atoms with van der Waals surface area (Å²) < 4.78 is 57.5. The number of aromatic nitrogens is 2. The van der Waals surface area contributed by atoms with E-state index >= 15 is 0 Å². The third-order valence-electron chi connectivity index (χ3n) is 4.14. The number of oxazole rings is 1. The molecule has 2 aromatic carbocycles.